The van der Waals surface area contributed by atoms with Gasteiger partial charge in [0.2, 0.25) is 0 Å². The highest BCUT2D eigenvalue weighted by molar-refractivity contribution is 5.54. The van der Waals surface area contributed by atoms with Crippen molar-refractivity contribution in [3.8, 4) is 0 Å². The SMILES string of the molecule is Cc1ccc(C)c(C(C)(C)c2c(C)ccc(C)c2C)c1C. The van der Waals surface area contributed by atoms with Crippen LogP contribution >= 0.6 is 0 Å². The molecule has 0 heterocycles. The Balaban J connectivity index is 2.80. The van der Waals surface area contributed by atoms with Gasteiger partial charge in [-0.15, -0.1) is 0 Å². The van der Waals surface area contributed by atoms with Crippen molar-refractivity contribution in [1.82, 2.24) is 0 Å². The van der Waals surface area contributed by atoms with Crippen molar-refractivity contribution < 1.29 is 0 Å². The van der Waals surface area contributed by atoms with Gasteiger partial charge in [-0.1, -0.05) is 38.1 Å². The van der Waals surface area contributed by atoms with Crippen LogP contribution in [0.3, 0.4) is 0 Å². The molecule has 0 aliphatic heterocycles. The van der Waals surface area contributed by atoms with Crippen LogP contribution in [0.15, 0.2) is 24.3 Å². The molecule has 112 valence electrons. The van der Waals surface area contributed by atoms with Gasteiger partial charge in [-0.2, -0.15) is 0 Å². The second kappa shape index (κ2) is 5.33. The van der Waals surface area contributed by atoms with E-state index in [1.807, 2.05) is 0 Å². The lowest BCUT2D eigenvalue weighted by Crippen LogP contribution is -2.25. The fourth-order valence-electron chi connectivity index (χ4n) is 3.95. The molecule has 0 atom stereocenters. The van der Waals surface area contributed by atoms with E-state index in [2.05, 4.69) is 79.7 Å². The van der Waals surface area contributed by atoms with Crippen molar-refractivity contribution in [2.75, 3.05) is 0 Å². The molecule has 0 saturated carbocycles. The highest BCUT2D eigenvalue weighted by Crippen LogP contribution is 2.40. The Labute approximate surface area is 130 Å². The maximum Gasteiger partial charge on any atom is 0.0157 e. The van der Waals surface area contributed by atoms with Crippen molar-refractivity contribution >= 4 is 0 Å². The zero-order valence-corrected chi connectivity index (χ0v) is 14.8. The minimum atomic E-state index is 0.0281. The van der Waals surface area contributed by atoms with Crippen molar-refractivity contribution in [1.29, 1.82) is 0 Å². The normalized spacial score (nSPS) is 11.8. The zero-order chi connectivity index (χ0) is 15.9. The summed E-state index contributed by atoms with van der Waals surface area (Å²) in [6.07, 6.45) is 0. The second-order valence-electron chi connectivity index (χ2n) is 7.02. The molecule has 2 aromatic rings. The van der Waals surface area contributed by atoms with E-state index >= 15 is 0 Å². The Bertz CT molecular complexity index is 628. The van der Waals surface area contributed by atoms with Gasteiger partial charge in [0.05, 0.1) is 0 Å². The molecule has 0 aliphatic carbocycles. The fourth-order valence-corrected chi connectivity index (χ4v) is 3.95. The lowest BCUT2D eigenvalue weighted by Gasteiger charge is -2.34. The third kappa shape index (κ3) is 2.52. The molecule has 0 fully saturated rings. The molecule has 0 aliphatic rings. The molecule has 0 nitrogen and oxygen atoms in total. The maximum atomic E-state index is 2.37. The van der Waals surface area contributed by atoms with Gasteiger partial charge in [-0.3, -0.25) is 0 Å². The first kappa shape index (κ1) is 15.8. The predicted molar refractivity (Wildman–Crippen MR) is 93.4 cm³/mol. The van der Waals surface area contributed by atoms with Gasteiger partial charge in [0.25, 0.3) is 0 Å². The van der Waals surface area contributed by atoms with Crippen molar-refractivity contribution in [2.45, 2.75) is 60.8 Å². The molecular formula is C21H28. The van der Waals surface area contributed by atoms with Gasteiger partial charge in [-0.25, -0.2) is 0 Å². The van der Waals surface area contributed by atoms with Crippen LogP contribution in [0, 0.1) is 41.5 Å². The van der Waals surface area contributed by atoms with E-state index in [0.717, 1.165) is 0 Å². The van der Waals surface area contributed by atoms with E-state index in [1.165, 1.54) is 44.5 Å². The van der Waals surface area contributed by atoms with E-state index in [9.17, 15) is 0 Å². The molecule has 0 radical (unpaired) electrons. The summed E-state index contributed by atoms with van der Waals surface area (Å²) in [4.78, 5) is 0. The quantitative estimate of drug-likeness (QED) is 0.646. The minimum Gasteiger partial charge on any atom is -0.0588 e. The van der Waals surface area contributed by atoms with E-state index in [4.69, 9.17) is 0 Å². The van der Waals surface area contributed by atoms with Gasteiger partial charge in [-0.05, 0) is 86.1 Å². The van der Waals surface area contributed by atoms with Gasteiger partial charge < -0.3 is 0 Å². The molecule has 2 aromatic carbocycles. The minimum absolute atomic E-state index is 0.0281. The number of benzene rings is 2. The predicted octanol–water partition coefficient (Wildman–Crippen LogP) is 5.86. The summed E-state index contributed by atoms with van der Waals surface area (Å²) in [6.45, 7) is 18.2. The summed E-state index contributed by atoms with van der Waals surface area (Å²) in [6, 6.07) is 9.00. The Morgan fingerprint density at radius 3 is 1.14 bits per heavy atom. The summed E-state index contributed by atoms with van der Waals surface area (Å²) in [5.74, 6) is 0. The fraction of sp³-hybridized carbons (Fsp3) is 0.429. The molecule has 0 saturated heterocycles. The largest absolute Gasteiger partial charge is 0.0588 e. The lowest BCUT2D eigenvalue weighted by atomic mass is 9.70. The summed E-state index contributed by atoms with van der Waals surface area (Å²) in [7, 11) is 0. The first-order valence-electron chi connectivity index (χ1n) is 7.82. The molecule has 0 heteroatoms. The van der Waals surface area contributed by atoms with Gasteiger partial charge in [0.15, 0.2) is 0 Å². The third-order valence-electron chi connectivity index (χ3n) is 5.14. The number of hydrogen-bond donors (Lipinski definition) is 0. The monoisotopic (exact) mass is 280 g/mol. The maximum absolute atomic E-state index is 2.37. The number of rotatable bonds is 2. The highest BCUT2D eigenvalue weighted by Gasteiger charge is 2.30. The molecule has 0 amide bonds. The van der Waals surface area contributed by atoms with Crippen LogP contribution in [0.25, 0.3) is 0 Å². The Morgan fingerprint density at radius 2 is 0.810 bits per heavy atom. The molecule has 0 bridgehead atoms. The standard InChI is InChI=1S/C21H28/c1-13-9-11-15(3)19(17(13)5)21(7,8)20-16(4)12-10-14(2)18(20)6/h9-12H,1-8H3. The average molecular weight is 280 g/mol. The summed E-state index contributed by atoms with van der Waals surface area (Å²) in [5.41, 5.74) is 11.4. The summed E-state index contributed by atoms with van der Waals surface area (Å²) >= 11 is 0. The van der Waals surface area contributed by atoms with Gasteiger partial charge in [0, 0.05) is 5.41 Å². The lowest BCUT2D eigenvalue weighted by molar-refractivity contribution is 0.620. The van der Waals surface area contributed by atoms with E-state index < -0.39 is 0 Å². The smallest absolute Gasteiger partial charge is 0.0157 e. The highest BCUT2D eigenvalue weighted by atomic mass is 14.3. The van der Waals surface area contributed by atoms with Crippen LogP contribution in [0.1, 0.15) is 58.4 Å². The Morgan fingerprint density at radius 1 is 0.524 bits per heavy atom. The Hall–Kier alpha value is -1.56. The van der Waals surface area contributed by atoms with Gasteiger partial charge >= 0.3 is 0 Å². The van der Waals surface area contributed by atoms with Crippen molar-refractivity contribution in [3.63, 3.8) is 0 Å². The molecule has 2 rings (SSSR count). The molecule has 0 spiro atoms. The van der Waals surface area contributed by atoms with Crippen LogP contribution in [-0.2, 0) is 5.41 Å². The summed E-state index contributed by atoms with van der Waals surface area (Å²) in [5, 5.41) is 0. The molecule has 0 N–H and O–H groups in total. The van der Waals surface area contributed by atoms with Gasteiger partial charge in [0.1, 0.15) is 0 Å². The zero-order valence-electron chi connectivity index (χ0n) is 14.8. The van der Waals surface area contributed by atoms with E-state index in [-0.39, 0.29) is 5.41 Å². The van der Waals surface area contributed by atoms with Crippen LogP contribution in [-0.4, -0.2) is 0 Å². The average Bonchev–Trinajstić information content (AvgIpc) is 2.39. The Kier molecular flexibility index (Phi) is 4.02. The van der Waals surface area contributed by atoms with Crippen LogP contribution in [0.4, 0.5) is 0 Å². The summed E-state index contributed by atoms with van der Waals surface area (Å²) < 4.78 is 0. The van der Waals surface area contributed by atoms with Crippen molar-refractivity contribution in [3.05, 3.63) is 68.8 Å². The molecular weight excluding hydrogens is 252 g/mol. The molecule has 0 unspecified atom stereocenters. The van der Waals surface area contributed by atoms with E-state index in [0.29, 0.717) is 0 Å². The van der Waals surface area contributed by atoms with E-state index in [1.54, 1.807) is 0 Å². The first-order chi connectivity index (χ1) is 9.67. The topological polar surface area (TPSA) is 0 Å². The van der Waals surface area contributed by atoms with Crippen LogP contribution in [0.5, 0.6) is 0 Å². The molecule has 0 aromatic heterocycles. The number of aryl methyl sites for hydroxylation is 4. The van der Waals surface area contributed by atoms with Crippen LogP contribution in [0.2, 0.25) is 0 Å². The van der Waals surface area contributed by atoms with Crippen molar-refractivity contribution in [2.24, 2.45) is 0 Å². The second-order valence-corrected chi connectivity index (χ2v) is 7.02. The molecule has 21 heavy (non-hydrogen) atoms. The number of hydrogen-bond acceptors (Lipinski definition) is 0. The van der Waals surface area contributed by atoms with Crippen LogP contribution < -0.4 is 0 Å². The first-order valence-corrected chi connectivity index (χ1v) is 7.82. The third-order valence-corrected chi connectivity index (χ3v) is 5.14.